The highest BCUT2D eigenvalue weighted by molar-refractivity contribution is 8.16. The van der Waals surface area contributed by atoms with Gasteiger partial charge in [-0.2, -0.15) is 0 Å². The minimum Gasteiger partial charge on any atom is -0.457 e. The van der Waals surface area contributed by atoms with Gasteiger partial charge in [-0.1, -0.05) is 71.9 Å². The molecule has 1 N–H and O–H groups in total. The molecule has 39 heavy (non-hydrogen) atoms. The van der Waals surface area contributed by atoms with Crippen molar-refractivity contribution in [3.63, 3.8) is 0 Å². The molecule has 0 aliphatic carbocycles. The molecule has 2 aliphatic heterocycles. The Morgan fingerprint density at radius 2 is 1.82 bits per heavy atom. The van der Waals surface area contributed by atoms with Crippen molar-refractivity contribution in [2.45, 2.75) is 46.4 Å². The summed E-state index contributed by atoms with van der Waals surface area (Å²) in [6.45, 7) is 6.45. The summed E-state index contributed by atoms with van der Waals surface area (Å²) >= 11 is 1.46. The number of hydrogen-bond acceptors (Lipinski definition) is 7. The van der Waals surface area contributed by atoms with Crippen molar-refractivity contribution < 1.29 is 14.3 Å². The van der Waals surface area contributed by atoms with Gasteiger partial charge in [0.15, 0.2) is 5.17 Å². The number of hydrogen-bond donors (Lipinski definition) is 1. The third-order valence-corrected chi connectivity index (χ3v) is 7.58. The molecule has 7 nitrogen and oxygen atoms in total. The standard InChI is InChI=1S/C31H30N4O3S/c1-20-12-13-26(21(2)15-20)29-28(30(37)38-18-23-9-5-4-6-10-23)22(3)34-31-35(29)25(19-39-31)16-27(36)33-17-24-11-7-8-14-32-24/h4-15,19,29H,16-18H2,1-3H3,(H,33,36)/t29-/m0/s1. The molecule has 0 spiro atoms. The number of aliphatic imine (C=N–C) groups is 1. The van der Waals surface area contributed by atoms with Crippen LogP contribution >= 0.6 is 11.8 Å². The van der Waals surface area contributed by atoms with Crippen LogP contribution < -0.4 is 5.32 Å². The Morgan fingerprint density at radius 1 is 1.03 bits per heavy atom. The summed E-state index contributed by atoms with van der Waals surface area (Å²) in [5.41, 5.74) is 6.73. The largest absolute Gasteiger partial charge is 0.457 e. The van der Waals surface area contributed by atoms with E-state index in [1.807, 2.05) is 85.7 Å². The second-order valence-electron chi connectivity index (χ2n) is 9.59. The molecule has 2 aromatic carbocycles. The zero-order valence-electron chi connectivity index (χ0n) is 22.2. The number of amides is 1. The predicted octanol–water partition coefficient (Wildman–Crippen LogP) is 5.72. The number of fused-ring (bicyclic) bond motifs is 1. The summed E-state index contributed by atoms with van der Waals surface area (Å²) in [5, 5.41) is 5.64. The second kappa shape index (κ2) is 11.7. The van der Waals surface area contributed by atoms with Gasteiger partial charge in [0.05, 0.1) is 36.0 Å². The Morgan fingerprint density at radius 3 is 2.56 bits per heavy atom. The van der Waals surface area contributed by atoms with Crippen LogP contribution in [-0.2, 0) is 27.5 Å². The van der Waals surface area contributed by atoms with Crippen LogP contribution in [0.4, 0.5) is 0 Å². The van der Waals surface area contributed by atoms with Crippen LogP contribution in [0.25, 0.3) is 0 Å². The maximum Gasteiger partial charge on any atom is 0.338 e. The molecule has 1 aromatic heterocycles. The number of ether oxygens (including phenoxy) is 1. The molecule has 0 unspecified atom stereocenters. The van der Waals surface area contributed by atoms with Gasteiger partial charge >= 0.3 is 5.97 Å². The van der Waals surface area contributed by atoms with Crippen molar-refractivity contribution >= 4 is 28.8 Å². The summed E-state index contributed by atoms with van der Waals surface area (Å²) in [4.78, 5) is 37.7. The van der Waals surface area contributed by atoms with E-state index in [1.54, 1.807) is 6.20 Å². The fourth-order valence-corrected chi connectivity index (χ4v) is 5.74. The molecule has 1 atom stereocenters. The van der Waals surface area contributed by atoms with Gasteiger partial charge in [0.25, 0.3) is 0 Å². The first kappa shape index (κ1) is 26.4. The number of benzene rings is 2. The van der Waals surface area contributed by atoms with Gasteiger partial charge < -0.3 is 15.0 Å². The number of esters is 1. The minimum absolute atomic E-state index is 0.132. The number of carbonyl (C=O) groups is 2. The number of aryl methyl sites for hydroxylation is 2. The SMILES string of the molecule is CC1=C(C(=O)OCc2ccccc2)[C@H](c2ccc(C)cc2C)N2C(CC(=O)NCc3ccccn3)=CSC2=N1. The predicted molar refractivity (Wildman–Crippen MR) is 153 cm³/mol. The van der Waals surface area contributed by atoms with Crippen LogP contribution in [0.2, 0.25) is 0 Å². The van der Waals surface area contributed by atoms with Crippen molar-refractivity contribution in [1.29, 1.82) is 0 Å². The highest BCUT2D eigenvalue weighted by Crippen LogP contribution is 2.45. The van der Waals surface area contributed by atoms with Crippen LogP contribution in [0.5, 0.6) is 0 Å². The molecule has 5 rings (SSSR count). The normalized spacial score (nSPS) is 16.4. The Kier molecular flexibility index (Phi) is 7.93. The van der Waals surface area contributed by atoms with Gasteiger partial charge in [0.2, 0.25) is 5.91 Å². The molecule has 3 aromatic rings. The lowest BCUT2D eigenvalue weighted by Crippen LogP contribution is -2.38. The first-order valence-electron chi connectivity index (χ1n) is 12.8. The van der Waals surface area contributed by atoms with Crippen molar-refractivity contribution in [3.05, 3.63) is 123 Å². The molecule has 0 bridgehead atoms. The van der Waals surface area contributed by atoms with Crippen LogP contribution in [-0.4, -0.2) is 26.9 Å². The van der Waals surface area contributed by atoms with Crippen molar-refractivity contribution in [3.8, 4) is 0 Å². The summed E-state index contributed by atoms with van der Waals surface area (Å²) in [6, 6.07) is 21.0. The molecule has 3 heterocycles. The first-order chi connectivity index (χ1) is 18.9. The maximum absolute atomic E-state index is 13.6. The van der Waals surface area contributed by atoms with Gasteiger partial charge in [-0.15, -0.1) is 0 Å². The van der Waals surface area contributed by atoms with E-state index in [0.29, 0.717) is 17.8 Å². The first-order valence-corrected chi connectivity index (χ1v) is 13.7. The molecule has 0 saturated heterocycles. The lowest BCUT2D eigenvalue weighted by atomic mass is 9.90. The van der Waals surface area contributed by atoms with Gasteiger partial charge in [0.1, 0.15) is 6.61 Å². The Balaban J connectivity index is 1.43. The summed E-state index contributed by atoms with van der Waals surface area (Å²) < 4.78 is 5.80. The zero-order chi connectivity index (χ0) is 27.4. The molecule has 198 valence electrons. The van der Waals surface area contributed by atoms with E-state index in [1.165, 1.54) is 11.8 Å². The topological polar surface area (TPSA) is 83.9 Å². The third-order valence-electron chi connectivity index (χ3n) is 6.69. The zero-order valence-corrected chi connectivity index (χ0v) is 23.0. The van der Waals surface area contributed by atoms with E-state index in [2.05, 4.69) is 22.4 Å². The lowest BCUT2D eigenvalue weighted by molar-refractivity contribution is -0.141. The maximum atomic E-state index is 13.6. The van der Waals surface area contributed by atoms with Crippen LogP contribution in [0.3, 0.4) is 0 Å². The quantitative estimate of drug-likeness (QED) is 0.369. The van der Waals surface area contributed by atoms with Crippen LogP contribution in [0.15, 0.2) is 100 Å². The number of amidine groups is 1. The molecule has 0 fully saturated rings. The summed E-state index contributed by atoms with van der Waals surface area (Å²) in [5.74, 6) is -0.549. The smallest absolute Gasteiger partial charge is 0.338 e. The average molecular weight is 539 g/mol. The van der Waals surface area contributed by atoms with Crippen molar-refractivity contribution in [2.75, 3.05) is 0 Å². The van der Waals surface area contributed by atoms with E-state index in [4.69, 9.17) is 9.73 Å². The number of nitrogens with zero attached hydrogens (tertiary/aromatic N) is 3. The Bertz CT molecular complexity index is 1480. The Labute approximate surface area is 232 Å². The van der Waals surface area contributed by atoms with Crippen molar-refractivity contribution in [1.82, 2.24) is 15.2 Å². The van der Waals surface area contributed by atoms with Crippen molar-refractivity contribution in [2.24, 2.45) is 4.99 Å². The number of aromatic nitrogens is 1. The van der Waals surface area contributed by atoms with Gasteiger partial charge in [-0.25, -0.2) is 9.79 Å². The van der Waals surface area contributed by atoms with Gasteiger partial charge in [0, 0.05) is 11.9 Å². The molecular weight excluding hydrogens is 508 g/mol. The highest BCUT2D eigenvalue weighted by atomic mass is 32.2. The number of pyridine rings is 1. The van der Waals surface area contributed by atoms with Crippen LogP contribution in [0.1, 0.15) is 47.3 Å². The summed E-state index contributed by atoms with van der Waals surface area (Å²) in [7, 11) is 0. The minimum atomic E-state index is -0.466. The van der Waals surface area contributed by atoms with Crippen LogP contribution in [0, 0.1) is 13.8 Å². The molecule has 0 radical (unpaired) electrons. The van der Waals surface area contributed by atoms with Gasteiger partial charge in [-0.05, 0) is 55.0 Å². The monoisotopic (exact) mass is 538 g/mol. The number of nitrogens with one attached hydrogen (secondary N) is 1. The molecule has 1 amide bonds. The molecule has 0 saturated carbocycles. The molecule has 2 aliphatic rings. The van der Waals surface area contributed by atoms with Gasteiger partial charge in [-0.3, -0.25) is 9.78 Å². The number of rotatable bonds is 8. The van der Waals surface area contributed by atoms with E-state index < -0.39 is 12.0 Å². The van der Waals surface area contributed by atoms with E-state index in [-0.39, 0.29) is 18.9 Å². The summed E-state index contributed by atoms with van der Waals surface area (Å²) in [6.07, 6.45) is 1.85. The second-order valence-corrected chi connectivity index (χ2v) is 10.4. The number of carbonyl (C=O) groups excluding carboxylic acids is 2. The lowest BCUT2D eigenvalue weighted by Gasteiger charge is -2.37. The van der Waals surface area contributed by atoms with E-state index in [9.17, 15) is 9.59 Å². The van der Waals surface area contributed by atoms with E-state index in [0.717, 1.165) is 38.8 Å². The fraction of sp³-hybridized carbons (Fsp3) is 0.226. The average Bonchev–Trinajstić information content (AvgIpc) is 3.33. The molecular formula is C31H30N4O3S. The number of allylic oxidation sites excluding steroid dienone is 1. The Hall–Kier alpha value is -4.17. The number of thioether (sulfide) groups is 1. The van der Waals surface area contributed by atoms with E-state index >= 15 is 0 Å². The third kappa shape index (κ3) is 5.96. The fourth-order valence-electron chi connectivity index (χ4n) is 4.78. The highest BCUT2D eigenvalue weighted by Gasteiger charge is 2.41. The molecule has 8 heteroatoms.